The van der Waals surface area contributed by atoms with Crippen LogP contribution < -0.4 is 5.32 Å². The average molecular weight is 354 g/mol. The Morgan fingerprint density at radius 1 is 1.23 bits per heavy atom. The number of benzene rings is 2. The number of nitrogens with one attached hydrogen (secondary N) is 1. The van der Waals surface area contributed by atoms with Crippen LogP contribution in [-0.4, -0.2) is 41.8 Å². The summed E-state index contributed by atoms with van der Waals surface area (Å²) in [5, 5.41) is 12.4. The lowest BCUT2D eigenvalue weighted by atomic mass is 10.1. The van der Waals surface area contributed by atoms with Gasteiger partial charge < -0.3 is 20.1 Å². The van der Waals surface area contributed by atoms with Gasteiger partial charge in [-0.1, -0.05) is 42.5 Å². The Bertz CT molecular complexity index is 703. The first-order chi connectivity index (χ1) is 12.6. The zero-order valence-electron chi connectivity index (χ0n) is 15.1. The second-order valence-corrected chi connectivity index (χ2v) is 6.77. The Hall–Kier alpha value is -2.53. The van der Waals surface area contributed by atoms with Crippen molar-refractivity contribution in [2.45, 2.75) is 31.9 Å². The maximum atomic E-state index is 12.6. The van der Waals surface area contributed by atoms with Gasteiger partial charge >= 0.3 is 6.03 Å². The third kappa shape index (κ3) is 4.99. The number of morpholine rings is 1. The summed E-state index contributed by atoms with van der Waals surface area (Å²) in [6.45, 7) is 3.75. The number of rotatable bonds is 5. The molecule has 3 rings (SSSR count). The highest BCUT2D eigenvalue weighted by Crippen LogP contribution is 2.22. The summed E-state index contributed by atoms with van der Waals surface area (Å²) in [5.74, 6) is 0.274. The van der Waals surface area contributed by atoms with E-state index in [4.69, 9.17) is 4.74 Å². The number of nitrogens with zero attached hydrogens (tertiary/aromatic N) is 1. The topological polar surface area (TPSA) is 61.8 Å². The highest BCUT2D eigenvalue weighted by atomic mass is 16.5. The van der Waals surface area contributed by atoms with Crippen molar-refractivity contribution in [2.75, 3.05) is 19.7 Å². The number of aryl methyl sites for hydroxylation is 1. The van der Waals surface area contributed by atoms with Crippen molar-refractivity contribution in [2.24, 2.45) is 0 Å². The van der Waals surface area contributed by atoms with E-state index in [1.807, 2.05) is 54.3 Å². The molecule has 0 unspecified atom stereocenters. The standard InChI is InChI=1S/C21H26N2O3/c1-16(7-8-17-9-11-19(24)12-10-17)22-21(25)23-13-14-26-20(15-23)18-5-3-2-4-6-18/h2-6,9-12,16,20,24H,7-8,13-15H2,1H3,(H,22,25)/t16-,20+/m1/s1. The number of urea groups is 1. The van der Waals surface area contributed by atoms with E-state index >= 15 is 0 Å². The van der Waals surface area contributed by atoms with Gasteiger partial charge in [0.25, 0.3) is 0 Å². The first kappa shape index (κ1) is 18.3. The van der Waals surface area contributed by atoms with E-state index in [0.717, 1.165) is 24.0 Å². The molecule has 2 amide bonds. The molecule has 0 aromatic heterocycles. The Labute approximate surface area is 154 Å². The molecule has 0 aliphatic carbocycles. The summed E-state index contributed by atoms with van der Waals surface area (Å²) in [6, 6.07) is 17.3. The van der Waals surface area contributed by atoms with Gasteiger partial charge in [0.05, 0.1) is 13.2 Å². The summed E-state index contributed by atoms with van der Waals surface area (Å²) in [7, 11) is 0. The minimum Gasteiger partial charge on any atom is -0.508 e. The van der Waals surface area contributed by atoms with E-state index in [1.54, 1.807) is 12.1 Å². The fourth-order valence-corrected chi connectivity index (χ4v) is 3.12. The van der Waals surface area contributed by atoms with Crippen molar-refractivity contribution < 1.29 is 14.6 Å². The SMILES string of the molecule is C[C@H](CCc1ccc(O)cc1)NC(=O)N1CCO[C@H](c2ccccc2)C1. The van der Waals surface area contributed by atoms with Crippen LogP contribution in [-0.2, 0) is 11.2 Å². The van der Waals surface area contributed by atoms with Crippen LogP contribution in [0.4, 0.5) is 4.79 Å². The van der Waals surface area contributed by atoms with Crippen LogP contribution >= 0.6 is 0 Å². The molecule has 1 fully saturated rings. The van der Waals surface area contributed by atoms with Gasteiger partial charge in [0.2, 0.25) is 0 Å². The highest BCUT2D eigenvalue weighted by molar-refractivity contribution is 5.74. The molecule has 5 nitrogen and oxygen atoms in total. The molecule has 1 heterocycles. The lowest BCUT2D eigenvalue weighted by Gasteiger charge is -2.34. The van der Waals surface area contributed by atoms with E-state index in [0.29, 0.717) is 19.7 Å². The molecule has 1 aliphatic heterocycles. The number of phenols is 1. The zero-order valence-corrected chi connectivity index (χ0v) is 15.1. The Morgan fingerprint density at radius 3 is 2.69 bits per heavy atom. The average Bonchev–Trinajstić information content (AvgIpc) is 2.68. The summed E-state index contributed by atoms with van der Waals surface area (Å²) >= 11 is 0. The number of hydrogen-bond donors (Lipinski definition) is 2. The zero-order chi connectivity index (χ0) is 18.4. The number of phenolic OH excluding ortho intramolecular Hbond substituents is 1. The summed E-state index contributed by atoms with van der Waals surface area (Å²) in [5.41, 5.74) is 2.25. The van der Waals surface area contributed by atoms with E-state index in [2.05, 4.69) is 5.32 Å². The van der Waals surface area contributed by atoms with Gasteiger partial charge in [0.1, 0.15) is 11.9 Å². The van der Waals surface area contributed by atoms with Crippen LogP contribution in [0, 0.1) is 0 Å². The van der Waals surface area contributed by atoms with Crippen LogP contribution in [0.5, 0.6) is 5.75 Å². The van der Waals surface area contributed by atoms with Gasteiger partial charge in [-0.25, -0.2) is 4.79 Å². The number of ether oxygens (including phenoxy) is 1. The molecule has 138 valence electrons. The van der Waals surface area contributed by atoms with Crippen molar-refractivity contribution in [3.8, 4) is 5.75 Å². The first-order valence-electron chi connectivity index (χ1n) is 9.11. The second kappa shape index (κ2) is 8.72. The second-order valence-electron chi connectivity index (χ2n) is 6.77. The van der Waals surface area contributed by atoms with E-state index in [-0.39, 0.29) is 23.9 Å². The van der Waals surface area contributed by atoms with Crippen molar-refractivity contribution in [1.29, 1.82) is 0 Å². The van der Waals surface area contributed by atoms with Crippen LogP contribution in [0.1, 0.15) is 30.6 Å². The minimum atomic E-state index is -0.0667. The first-order valence-corrected chi connectivity index (χ1v) is 9.11. The maximum absolute atomic E-state index is 12.6. The van der Waals surface area contributed by atoms with Gasteiger partial charge in [-0.2, -0.15) is 0 Å². The molecule has 0 spiro atoms. The molecule has 5 heteroatoms. The number of carbonyl (C=O) groups excluding carboxylic acids is 1. The number of amides is 2. The van der Waals surface area contributed by atoms with E-state index in [9.17, 15) is 9.90 Å². The van der Waals surface area contributed by atoms with Crippen molar-refractivity contribution in [3.63, 3.8) is 0 Å². The fraction of sp³-hybridized carbons (Fsp3) is 0.381. The normalized spacial score (nSPS) is 18.3. The molecule has 2 aromatic rings. The fourth-order valence-electron chi connectivity index (χ4n) is 3.12. The number of aromatic hydroxyl groups is 1. The van der Waals surface area contributed by atoms with Crippen molar-refractivity contribution >= 4 is 6.03 Å². The molecular weight excluding hydrogens is 328 g/mol. The van der Waals surface area contributed by atoms with Crippen LogP contribution in [0.3, 0.4) is 0 Å². The molecular formula is C21H26N2O3. The van der Waals surface area contributed by atoms with Gasteiger partial charge in [0, 0.05) is 12.6 Å². The summed E-state index contributed by atoms with van der Waals surface area (Å²) in [4.78, 5) is 14.4. The molecule has 1 aliphatic rings. The summed E-state index contributed by atoms with van der Waals surface area (Å²) in [6.07, 6.45) is 1.64. The molecule has 1 saturated heterocycles. The third-order valence-corrected chi connectivity index (χ3v) is 4.70. The summed E-state index contributed by atoms with van der Waals surface area (Å²) < 4.78 is 5.82. The quantitative estimate of drug-likeness (QED) is 0.864. The Morgan fingerprint density at radius 2 is 1.96 bits per heavy atom. The third-order valence-electron chi connectivity index (χ3n) is 4.70. The van der Waals surface area contributed by atoms with Crippen molar-refractivity contribution in [3.05, 3.63) is 65.7 Å². The molecule has 0 radical (unpaired) electrons. The Kier molecular flexibility index (Phi) is 6.12. The van der Waals surface area contributed by atoms with Gasteiger partial charge in [-0.05, 0) is 43.0 Å². The van der Waals surface area contributed by atoms with Gasteiger partial charge in [0.15, 0.2) is 0 Å². The van der Waals surface area contributed by atoms with Crippen LogP contribution in [0.2, 0.25) is 0 Å². The molecule has 2 aromatic carbocycles. The smallest absolute Gasteiger partial charge is 0.317 e. The predicted molar refractivity (Wildman–Crippen MR) is 101 cm³/mol. The lowest BCUT2D eigenvalue weighted by molar-refractivity contribution is -0.0157. The largest absolute Gasteiger partial charge is 0.508 e. The Balaban J connectivity index is 1.48. The molecule has 2 N–H and O–H groups in total. The monoisotopic (exact) mass is 354 g/mol. The number of hydrogen-bond acceptors (Lipinski definition) is 3. The van der Waals surface area contributed by atoms with E-state index < -0.39 is 0 Å². The van der Waals surface area contributed by atoms with Gasteiger partial charge in [-0.15, -0.1) is 0 Å². The van der Waals surface area contributed by atoms with Crippen LogP contribution in [0.25, 0.3) is 0 Å². The molecule has 26 heavy (non-hydrogen) atoms. The number of carbonyl (C=O) groups is 1. The lowest BCUT2D eigenvalue weighted by Crippen LogP contribution is -2.49. The highest BCUT2D eigenvalue weighted by Gasteiger charge is 2.25. The van der Waals surface area contributed by atoms with Crippen molar-refractivity contribution in [1.82, 2.24) is 10.2 Å². The molecule has 2 atom stereocenters. The molecule has 0 bridgehead atoms. The van der Waals surface area contributed by atoms with E-state index in [1.165, 1.54) is 0 Å². The van der Waals surface area contributed by atoms with Crippen LogP contribution in [0.15, 0.2) is 54.6 Å². The predicted octanol–water partition coefficient (Wildman–Crippen LogP) is 3.50. The van der Waals surface area contributed by atoms with Gasteiger partial charge in [-0.3, -0.25) is 0 Å². The molecule has 0 saturated carbocycles. The minimum absolute atomic E-state index is 0.0348. The maximum Gasteiger partial charge on any atom is 0.317 e.